The fourth-order valence-corrected chi connectivity index (χ4v) is 2.50. The first kappa shape index (κ1) is 13.4. The molecule has 0 bridgehead atoms. The number of rotatable bonds is 6. The van der Waals surface area contributed by atoms with Gasteiger partial charge in [-0.15, -0.1) is 0 Å². The largest absolute Gasteiger partial charge is 0.382 e. The van der Waals surface area contributed by atoms with E-state index < -0.39 is 0 Å². The van der Waals surface area contributed by atoms with E-state index in [1.54, 1.807) is 7.11 Å². The maximum atomic E-state index is 5.74. The minimum Gasteiger partial charge on any atom is -0.382 e. The van der Waals surface area contributed by atoms with Crippen molar-refractivity contribution >= 4 is 38.5 Å². The maximum Gasteiger partial charge on any atom is 0.0926 e. The summed E-state index contributed by atoms with van der Waals surface area (Å²) in [5.41, 5.74) is 1.20. The molecule has 0 aromatic heterocycles. The van der Waals surface area contributed by atoms with Gasteiger partial charge in [0.2, 0.25) is 0 Å². The Kier molecular flexibility index (Phi) is 6.79. The van der Waals surface area contributed by atoms with Crippen LogP contribution in [0.5, 0.6) is 0 Å². The third-order valence-electron chi connectivity index (χ3n) is 2.00. The molecule has 0 aliphatic rings. The van der Waals surface area contributed by atoms with Crippen LogP contribution in [0.1, 0.15) is 11.7 Å². The zero-order valence-electron chi connectivity index (χ0n) is 8.58. The van der Waals surface area contributed by atoms with Gasteiger partial charge in [0.05, 0.1) is 19.3 Å². The molecule has 0 radical (unpaired) electrons. The zero-order chi connectivity index (χ0) is 11.1. The second-order valence-corrected chi connectivity index (χ2v) is 4.76. The van der Waals surface area contributed by atoms with E-state index in [4.69, 9.17) is 9.47 Å². The van der Waals surface area contributed by atoms with Gasteiger partial charge < -0.3 is 9.47 Å². The first-order valence-electron chi connectivity index (χ1n) is 4.70. The van der Waals surface area contributed by atoms with Crippen LogP contribution < -0.4 is 0 Å². The molecule has 0 amide bonds. The van der Waals surface area contributed by atoms with Gasteiger partial charge in [-0.05, 0) is 11.6 Å². The van der Waals surface area contributed by atoms with Crippen LogP contribution in [-0.4, -0.2) is 24.8 Å². The summed E-state index contributed by atoms with van der Waals surface area (Å²) in [6.45, 7) is 1.27. The van der Waals surface area contributed by atoms with Crippen molar-refractivity contribution in [2.75, 3.05) is 24.8 Å². The van der Waals surface area contributed by atoms with Gasteiger partial charge in [0.1, 0.15) is 0 Å². The van der Waals surface area contributed by atoms with Crippen molar-refractivity contribution in [3.05, 3.63) is 34.3 Å². The summed E-state index contributed by atoms with van der Waals surface area (Å²) >= 11 is 5.87. The Labute approximate surface area is 113 Å². The Bertz CT molecular complexity index is 294. The van der Waals surface area contributed by atoms with Crippen LogP contribution in [-0.2, 0) is 9.47 Å². The summed E-state index contributed by atoms with van der Waals surface area (Å²) in [6.07, 6.45) is 0.135. The lowest BCUT2D eigenvalue weighted by atomic mass is 10.1. The van der Waals surface area contributed by atoms with Crippen molar-refractivity contribution in [1.82, 2.24) is 0 Å². The van der Waals surface area contributed by atoms with Gasteiger partial charge >= 0.3 is 0 Å². The van der Waals surface area contributed by atoms with Gasteiger partial charge in [0.15, 0.2) is 0 Å². The third kappa shape index (κ3) is 4.38. The van der Waals surface area contributed by atoms with Crippen LogP contribution in [0.2, 0.25) is 0 Å². The summed E-state index contributed by atoms with van der Waals surface area (Å²) in [6, 6.07) is 8.15. The highest BCUT2D eigenvalue weighted by Gasteiger charge is 2.12. The van der Waals surface area contributed by atoms with Crippen molar-refractivity contribution in [1.29, 1.82) is 0 Å². The second-order valence-electron chi connectivity index (χ2n) is 3.03. The SMILES string of the molecule is COCCOC(CI)c1ccccc1Br. The van der Waals surface area contributed by atoms with Gasteiger partial charge in [0.25, 0.3) is 0 Å². The number of halogens is 2. The molecule has 0 saturated heterocycles. The first-order valence-corrected chi connectivity index (χ1v) is 7.02. The number of methoxy groups -OCH3 is 1. The van der Waals surface area contributed by atoms with Gasteiger partial charge in [-0.2, -0.15) is 0 Å². The molecule has 1 aromatic rings. The molecule has 0 N–H and O–H groups in total. The van der Waals surface area contributed by atoms with Crippen molar-refractivity contribution in [2.45, 2.75) is 6.10 Å². The lowest BCUT2D eigenvalue weighted by Crippen LogP contribution is -2.10. The molecule has 0 aliphatic heterocycles. The maximum absolute atomic E-state index is 5.74. The minimum atomic E-state index is 0.135. The topological polar surface area (TPSA) is 18.5 Å². The fourth-order valence-electron chi connectivity index (χ4n) is 1.23. The second kappa shape index (κ2) is 7.60. The molecule has 1 atom stereocenters. The molecule has 1 aromatic carbocycles. The van der Waals surface area contributed by atoms with E-state index in [0.29, 0.717) is 13.2 Å². The molecule has 0 spiro atoms. The molecule has 1 rings (SSSR count). The Hall–Kier alpha value is 0.350. The average Bonchev–Trinajstić information content (AvgIpc) is 2.26. The molecule has 4 heteroatoms. The highest BCUT2D eigenvalue weighted by atomic mass is 127. The van der Waals surface area contributed by atoms with Gasteiger partial charge in [-0.1, -0.05) is 56.7 Å². The Morgan fingerprint density at radius 2 is 2.07 bits per heavy atom. The first-order chi connectivity index (χ1) is 7.29. The summed E-state index contributed by atoms with van der Waals surface area (Å²) in [7, 11) is 1.68. The van der Waals surface area contributed by atoms with Crippen molar-refractivity contribution in [3.8, 4) is 0 Å². The molecule has 0 aliphatic carbocycles. The molecular formula is C11H14BrIO2. The Balaban J connectivity index is 2.61. The highest BCUT2D eigenvalue weighted by Crippen LogP contribution is 2.27. The van der Waals surface area contributed by atoms with Crippen LogP contribution in [0.25, 0.3) is 0 Å². The zero-order valence-corrected chi connectivity index (χ0v) is 12.3. The fraction of sp³-hybridized carbons (Fsp3) is 0.455. The summed E-state index contributed by atoms with van der Waals surface area (Å²) in [5.74, 6) is 0. The summed E-state index contributed by atoms with van der Waals surface area (Å²) < 4.78 is 12.7. The molecule has 0 saturated carbocycles. The number of ether oxygens (including phenoxy) is 2. The molecule has 84 valence electrons. The van der Waals surface area contributed by atoms with Crippen molar-refractivity contribution in [2.24, 2.45) is 0 Å². The van der Waals surface area contributed by atoms with E-state index >= 15 is 0 Å². The Morgan fingerprint density at radius 3 is 2.67 bits per heavy atom. The Morgan fingerprint density at radius 1 is 1.33 bits per heavy atom. The van der Waals surface area contributed by atoms with Gasteiger partial charge in [0, 0.05) is 16.0 Å². The van der Waals surface area contributed by atoms with Crippen LogP contribution in [0.15, 0.2) is 28.7 Å². The van der Waals surface area contributed by atoms with Crippen LogP contribution in [0, 0.1) is 0 Å². The lowest BCUT2D eigenvalue weighted by Gasteiger charge is -2.16. The van der Waals surface area contributed by atoms with Gasteiger partial charge in [-0.25, -0.2) is 0 Å². The molecule has 0 fully saturated rings. The normalized spacial score (nSPS) is 12.7. The van der Waals surface area contributed by atoms with Crippen LogP contribution in [0.3, 0.4) is 0 Å². The summed E-state index contributed by atoms with van der Waals surface area (Å²) in [5, 5.41) is 0. The van der Waals surface area contributed by atoms with Crippen LogP contribution >= 0.6 is 38.5 Å². The monoisotopic (exact) mass is 384 g/mol. The smallest absolute Gasteiger partial charge is 0.0926 e. The molecule has 1 unspecified atom stereocenters. The average molecular weight is 385 g/mol. The standard InChI is InChI=1S/C11H14BrIO2/c1-14-6-7-15-11(8-13)9-4-2-3-5-10(9)12/h2-5,11H,6-8H2,1H3. The highest BCUT2D eigenvalue weighted by molar-refractivity contribution is 14.1. The van der Waals surface area contributed by atoms with E-state index in [0.717, 1.165) is 8.90 Å². The van der Waals surface area contributed by atoms with E-state index in [1.807, 2.05) is 18.2 Å². The van der Waals surface area contributed by atoms with E-state index in [-0.39, 0.29) is 6.10 Å². The minimum absolute atomic E-state index is 0.135. The van der Waals surface area contributed by atoms with E-state index in [2.05, 4.69) is 44.6 Å². The van der Waals surface area contributed by atoms with Crippen molar-refractivity contribution in [3.63, 3.8) is 0 Å². The van der Waals surface area contributed by atoms with Crippen LogP contribution in [0.4, 0.5) is 0 Å². The van der Waals surface area contributed by atoms with Crippen molar-refractivity contribution < 1.29 is 9.47 Å². The third-order valence-corrected chi connectivity index (χ3v) is 3.52. The molecular weight excluding hydrogens is 371 g/mol. The number of hydrogen-bond acceptors (Lipinski definition) is 2. The summed E-state index contributed by atoms with van der Waals surface area (Å²) in [4.78, 5) is 0. The number of benzene rings is 1. The quantitative estimate of drug-likeness (QED) is 0.424. The number of alkyl halides is 1. The van der Waals surface area contributed by atoms with Gasteiger partial charge in [-0.3, -0.25) is 0 Å². The predicted molar refractivity (Wildman–Crippen MR) is 73.6 cm³/mol. The molecule has 15 heavy (non-hydrogen) atoms. The molecule has 0 heterocycles. The van der Waals surface area contributed by atoms with E-state index in [1.165, 1.54) is 5.56 Å². The predicted octanol–water partition coefficient (Wildman–Crippen LogP) is 3.59. The van der Waals surface area contributed by atoms with E-state index in [9.17, 15) is 0 Å². The molecule has 2 nitrogen and oxygen atoms in total. The lowest BCUT2D eigenvalue weighted by molar-refractivity contribution is 0.0289. The number of hydrogen-bond donors (Lipinski definition) is 0.